The maximum atomic E-state index is 12.1. The second-order valence-corrected chi connectivity index (χ2v) is 5.72. The number of sulfonamides is 1. The van der Waals surface area contributed by atoms with Crippen LogP contribution in [0.25, 0.3) is 0 Å². The number of nitrogen functional groups attached to an aromatic ring is 1. The maximum absolute atomic E-state index is 12.1. The Labute approximate surface area is 110 Å². The Morgan fingerprint density at radius 1 is 1.00 bits per heavy atom. The van der Waals surface area contributed by atoms with Crippen molar-refractivity contribution in [1.29, 1.82) is 0 Å². The highest BCUT2D eigenvalue weighted by molar-refractivity contribution is 7.92. The van der Waals surface area contributed by atoms with E-state index in [0.29, 0.717) is 11.4 Å². The van der Waals surface area contributed by atoms with E-state index in [1.165, 1.54) is 12.1 Å². The molecule has 0 fully saturated rings. The molecule has 2 rings (SSSR count). The molecule has 3 N–H and O–H groups in total. The highest BCUT2D eigenvalue weighted by Crippen LogP contribution is 2.23. The average Bonchev–Trinajstić information content (AvgIpc) is 2.32. The number of anilines is 2. The fourth-order valence-corrected chi connectivity index (χ4v) is 3.00. The summed E-state index contributed by atoms with van der Waals surface area (Å²) < 4.78 is 26.6. The van der Waals surface area contributed by atoms with Gasteiger partial charge in [0.05, 0.1) is 5.02 Å². The first kappa shape index (κ1) is 12.7. The zero-order valence-corrected chi connectivity index (χ0v) is 10.9. The second-order valence-electron chi connectivity index (χ2n) is 3.66. The van der Waals surface area contributed by atoms with Gasteiger partial charge in [-0.1, -0.05) is 23.7 Å². The van der Waals surface area contributed by atoms with Gasteiger partial charge in [-0.05, 0) is 36.4 Å². The zero-order chi connectivity index (χ0) is 13.2. The van der Waals surface area contributed by atoms with Crippen molar-refractivity contribution >= 4 is 33.0 Å². The molecule has 94 valence electrons. The fourth-order valence-electron chi connectivity index (χ4n) is 1.42. The van der Waals surface area contributed by atoms with Gasteiger partial charge in [-0.3, -0.25) is 4.72 Å². The monoisotopic (exact) mass is 282 g/mol. The van der Waals surface area contributed by atoms with Gasteiger partial charge in [0.2, 0.25) is 0 Å². The third kappa shape index (κ3) is 2.75. The van der Waals surface area contributed by atoms with E-state index in [9.17, 15) is 8.42 Å². The average molecular weight is 283 g/mol. The minimum atomic E-state index is -3.68. The normalized spacial score (nSPS) is 11.2. The molecule has 6 heteroatoms. The minimum Gasteiger partial charge on any atom is -0.399 e. The lowest BCUT2D eigenvalue weighted by Crippen LogP contribution is -2.13. The van der Waals surface area contributed by atoms with Gasteiger partial charge in [0.1, 0.15) is 4.90 Å². The largest absolute Gasteiger partial charge is 0.399 e. The quantitative estimate of drug-likeness (QED) is 0.850. The van der Waals surface area contributed by atoms with Crippen LogP contribution >= 0.6 is 11.6 Å². The molecule has 18 heavy (non-hydrogen) atoms. The summed E-state index contributed by atoms with van der Waals surface area (Å²) >= 11 is 5.86. The zero-order valence-electron chi connectivity index (χ0n) is 9.30. The Morgan fingerprint density at radius 2 is 1.61 bits per heavy atom. The van der Waals surface area contributed by atoms with Crippen LogP contribution in [0.5, 0.6) is 0 Å². The van der Waals surface area contributed by atoms with Crippen molar-refractivity contribution in [1.82, 2.24) is 0 Å². The van der Waals surface area contributed by atoms with Crippen molar-refractivity contribution in [2.24, 2.45) is 0 Å². The van der Waals surface area contributed by atoms with Crippen LogP contribution in [0.2, 0.25) is 5.02 Å². The molecule has 0 saturated carbocycles. The van der Waals surface area contributed by atoms with E-state index in [4.69, 9.17) is 17.3 Å². The van der Waals surface area contributed by atoms with Crippen molar-refractivity contribution in [3.63, 3.8) is 0 Å². The smallest absolute Gasteiger partial charge is 0.263 e. The van der Waals surface area contributed by atoms with Crippen LogP contribution in [0.15, 0.2) is 53.4 Å². The number of hydrogen-bond acceptors (Lipinski definition) is 3. The molecular formula is C12H11ClN2O2S. The maximum Gasteiger partial charge on any atom is 0.263 e. The molecule has 4 nitrogen and oxygen atoms in total. The van der Waals surface area contributed by atoms with Crippen LogP contribution in [0.4, 0.5) is 11.4 Å². The molecule has 0 bridgehead atoms. The summed E-state index contributed by atoms with van der Waals surface area (Å²) in [6.07, 6.45) is 0. The van der Waals surface area contributed by atoms with Crippen LogP contribution in [0.3, 0.4) is 0 Å². The second kappa shape index (κ2) is 4.88. The Bertz CT molecular complexity index is 654. The standard InChI is InChI=1S/C12H11ClN2O2S/c13-11-3-1-2-4-12(11)18(16,17)15-10-7-5-9(14)6-8-10/h1-8,15H,14H2. The van der Waals surface area contributed by atoms with Crippen LogP contribution in [-0.2, 0) is 10.0 Å². The Balaban J connectivity index is 2.33. The first-order valence-corrected chi connectivity index (χ1v) is 6.98. The van der Waals surface area contributed by atoms with Gasteiger partial charge < -0.3 is 5.73 Å². The van der Waals surface area contributed by atoms with Crippen molar-refractivity contribution in [3.05, 3.63) is 53.6 Å². The summed E-state index contributed by atoms with van der Waals surface area (Å²) in [5, 5.41) is 0.181. The summed E-state index contributed by atoms with van der Waals surface area (Å²) in [6, 6.07) is 12.7. The molecule has 0 unspecified atom stereocenters. The molecular weight excluding hydrogens is 272 g/mol. The lowest BCUT2D eigenvalue weighted by molar-refractivity contribution is 0.601. The lowest BCUT2D eigenvalue weighted by Gasteiger charge is -2.09. The fraction of sp³-hybridized carbons (Fsp3) is 0. The number of halogens is 1. The van der Waals surface area contributed by atoms with E-state index in [-0.39, 0.29) is 9.92 Å². The number of nitrogens with two attached hydrogens (primary N) is 1. The van der Waals surface area contributed by atoms with E-state index >= 15 is 0 Å². The molecule has 0 aromatic heterocycles. The molecule has 0 atom stereocenters. The highest BCUT2D eigenvalue weighted by atomic mass is 35.5. The number of hydrogen-bond donors (Lipinski definition) is 2. The summed E-state index contributed by atoms with van der Waals surface area (Å²) in [4.78, 5) is 0.0449. The van der Waals surface area contributed by atoms with Gasteiger partial charge in [0, 0.05) is 11.4 Å². The summed E-state index contributed by atoms with van der Waals surface area (Å²) in [5.41, 5.74) is 6.53. The van der Waals surface area contributed by atoms with Gasteiger partial charge in [0.25, 0.3) is 10.0 Å². The van der Waals surface area contributed by atoms with Gasteiger partial charge in [-0.2, -0.15) is 0 Å². The molecule has 0 amide bonds. The van der Waals surface area contributed by atoms with Crippen LogP contribution in [-0.4, -0.2) is 8.42 Å². The highest BCUT2D eigenvalue weighted by Gasteiger charge is 2.17. The predicted molar refractivity (Wildman–Crippen MR) is 73.1 cm³/mol. The van der Waals surface area contributed by atoms with Gasteiger partial charge in [-0.25, -0.2) is 8.42 Å². The molecule has 2 aromatic carbocycles. The van der Waals surface area contributed by atoms with E-state index in [0.717, 1.165) is 0 Å². The van der Waals surface area contributed by atoms with Crippen molar-refractivity contribution in [2.75, 3.05) is 10.5 Å². The predicted octanol–water partition coefficient (Wildman–Crippen LogP) is 2.72. The van der Waals surface area contributed by atoms with E-state index in [2.05, 4.69) is 4.72 Å². The van der Waals surface area contributed by atoms with Crippen LogP contribution < -0.4 is 10.5 Å². The molecule has 2 aromatic rings. The molecule has 0 aliphatic carbocycles. The lowest BCUT2D eigenvalue weighted by atomic mass is 10.3. The Morgan fingerprint density at radius 3 is 2.22 bits per heavy atom. The van der Waals surface area contributed by atoms with Crippen molar-refractivity contribution in [2.45, 2.75) is 4.90 Å². The third-order valence-electron chi connectivity index (χ3n) is 2.29. The first-order chi connectivity index (χ1) is 8.49. The third-order valence-corrected chi connectivity index (χ3v) is 4.17. The van der Waals surface area contributed by atoms with Gasteiger partial charge in [-0.15, -0.1) is 0 Å². The first-order valence-electron chi connectivity index (χ1n) is 5.12. The van der Waals surface area contributed by atoms with Gasteiger partial charge in [0.15, 0.2) is 0 Å². The Kier molecular flexibility index (Phi) is 3.45. The van der Waals surface area contributed by atoms with Crippen LogP contribution in [0, 0.1) is 0 Å². The van der Waals surface area contributed by atoms with Crippen LogP contribution in [0.1, 0.15) is 0 Å². The summed E-state index contributed by atoms with van der Waals surface area (Å²) in [5.74, 6) is 0. The molecule has 0 aliphatic heterocycles. The number of rotatable bonds is 3. The van der Waals surface area contributed by atoms with E-state index in [1.807, 2.05) is 0 Å². The summed E-state index contributed by atoms with van der Waals surface area (Å²) in [6.45, 7) is 0. The molecule has 0 radical (unpaired) electrons. The van der Waals surface area contributed by atoms with Gasteiger partial charge >= 0.3 is 0 Å². The van der Waals surface area contributed by atoms with Crippen molar-refractivity contribution < 1.29 is 8.42 Å². The SMILES string of the molecule is Nc1ccc(NS(=O)(=O)c2ccccc2Cl)cc1. The molecule has 0 aliphatic rings. The number of nitrogens with one attached hydrogen (secondary N) is 1. The molecule has 0 saturated heterocycles. The Hall–Kier alpha value is -1.72. The number of benzene rings is 2. The van der Waals surface area contributed by atoms with Crippen molar-refractivity contribution in [3.8, 4) is 0 Å². The summed E-state index contributed by atoms with van der Waals surface area (Å²) in [7, 11) is -3.68. The van der Waals surface area contributed by atoms with E-state index < -0.39 is 10.0 Å². The molecule has 0 heterocycles. The van der Waals surface area contributed by atoms with E-state index in [1.54, 1.807) is 36.4 Å². The molecule has 0 spiro atoms. The minimum absolute atomic E-state index is 0.0449. The topological polar surface area (TPSA) is 72.2 Å².